The summed E-state index contributed by atoms with van der Waals surface area (Å²) in [4.78, 5) is 8.80. The lowest BCUT2D eigenvalue weighted by Crippen LogP contribution is -2.03. The fraction of sp³-hybridized carbons (Fsp3) is 0.143. The number of hydrogen-bond acceptors (Lipinski definition) is 2. The van der Waals surface area contributed by atoms with E-state index < -0.39 is 5.82 Å². The van der Waals surface area contributed by atoms with Crippen LogP contribution in [-0.4, -0.2) is 20.4 Å². The number of benzene rings is 1. The minimum absolute atomic E-state index is 0.328. The Morgan fingerprint density at radius 2 is 2.10 bits per heavy atom. The highest BCUT2D eigenvalue weighted by molar-refractivity contribution is 6.30. The molecule has 0 aliphatic carbocycles. The molecule has 0 fully saturated rings. The molecule has 102 valence electrons. The van der Waals surface area contributed by atoms with E-state index in [9.17, 15) is 4.39 Å². The van der Waals surface area contributed by atoms with Gasteiger partial charge in [0.05, 0.1) is 5.69 Å². The molecular weight excluding hydrogens is 300 g/mol. The molecule has 1 aromatic carbocycles. The van der Waals surface area contributed by atoms with Crippen LogP contribution in [0.25, 0.3) is 16.9 Å². The van der Waals surface area contributed by atoms with Crippen molar-refractivity contribution < 1.29 is 4.39 Å². The van der Waals surface area contributed by atoms with E-state index in [0.29, 0.717) is 28.7 Å². The van der Waals surface area contributed by atoms with Crippen molar-refractivity contribution in [3.05, 3.63) is 53.2 Å². The maximum atomic E-state index is 13.6. The van der Waals surface area contributed by atoms with E-state index in [-0.39, 0.29) is 0 Å². The molecule has 0 unspecified atom stereocenters. The van der Waals surface area contributed by atoms with E-state index >= 15 is 0 Å². The normalized spacial score (nSPS) is 11.2. The zero-order valence-electron chi connectivity index (χ0n) is 10.4. The first-order valence-corrected chi connectivity index (χ1v) is 6.95. The summed E-state index contributed by atoms with van der Waals surface area (Å²) in [6.45, 7) is 0. The molecule has 0 aliphatic rings. The molecule has 0 atom stereocenters. The third-order valence-corrected chi connectivity index (χ3v) is 3.32. The van der Waals surface area contributed by atoms with E-state index in [4.69, 9.17) is 23.2 Å². The van der Waals surface area contributed by atoms with E-state index in [1.807, 2.05) is 12.1 Å². The Kier molecular flexibility index (Phi) is 3.59. The predicted molar refractivity (Wildman–Crippen MR) is 78.3 cm³/mol. The number of aryl methyl sites for hydroxylation is 1. The summed E-state index contributed by atoms with van der Waals surface area (Å²) in [5.74, 6) is 0.754. The molecule has 3 rings (SSSR count). The Hall–Kier alpha value is -1.65. The van der Waals surface area contributed by atoms with Crippen LogP contribution in [0.15, 0.2) is 36.5 Å². The average Bonchev–Trinajstić information content (AvgIpc) is 2.76. The first-order valence-electron chi connectivity index (χ1n) is 6.04. The van der Waals surface area contributed by atoms with Crippen LogP contribution in [0.4, 0.5) is 4.39 Å². The fourth-order valence-electron chi connectivity index (χ4n) is 2.15. The summed E-state index contributed by atoms with van der Waals surface area (Å²) in [7, 11) is 0. The second-order valence-electron chi connectivity index (χ2n) is 4.28. The van der Waals surface area contributed by atoms with Crippen LogP contribution in [0.2, 0.25) is 5.02 Å². The van der Waals surface area contributed by atoms with Crippen molar-refractivity contribution in [2.24, 2.45) is 0 Å². The van der Waals surface area contributed by atoms with Crippen molar-refractivity contribution in [2.75, 3.05) is 5.88 Å². The molecule has 3 nitrogen and oxygen atoms in total. The Labute approximate surface area is 125 Å². The van der Waals surface area contributed by atoms with Crippen molar-refractivity contribution in [1.29, 1.82) is 0 Å². The van der Waals surface area contributed by atoms with Gasteiger partial charge in [-0.05, 0) is 30.3 Å². The maximum absolute atomic E-state index is 13.6. The van der Waals surface area contributed by atoms with Gasteiger partial charge in [-0.25, -0.2) is 14.4 Å². The molecule has 2 heterocycles. The number of pyridine rings is 1. The van der Waals surface area contributed by atoms with E-state index in [2.05, 4.69) is 9.97 Å². The fourth-order valence-corrected chi connectivity index (χ4v) is 2.54. The molecule has 0 aliphatic heterocycles. The maximum Gasteiger partial charge on any atom is 0.164 e. The molecule has 0 saturated carbocycles. The van der Waals surface area contributed by atoms with Crippen LogP contribution < -0.4 is 0 Å². The zero-order valence-corrected chi connectivity index (χ0v) is 11.9. The van der Waals surface area contributed by atoms with Gasteiger partial charge >= 0.3 is 0 Å². The number of fused-ring (bicyclic) bond motifs is 1. The number of halogens is 3. The first-order chi connectivity index (χ1) is 9.69. The lowest BCUT2D eigenvalue weighted by atomic mass is 10.3. The highest BCUT2D eigenvalue weighted by Crippen LogP contribution is 2.23. The minimum Gasteiger partial charge on any atom is -0.281 e. The Balaban J connectivity index is 2.29. The summed E-state index contributed by atoms with van der Waals surface area (Å²) < 4.78 is 15.4. The summed E-state index contributed by atoms with van der Waals surface area (Å²) in [5, 5.41) is 0.328. The molecular formula is C14H10Cl2FN3. The van der Waals surface area contributed by atoms with Crippen LogP contribution in [0, 0.1) is 5.82 Å². The van der Waals surface area contributed by atoms with Gasteiger partial charge in [-0.3, -0.25) is 4.57 Å². The van der Waals surface area contributed by atoms with Crippen molar-refractivity contribution in [1.82, 2.24) is 14.5 Å². The third kappa shape index (κ3) is 2.37. The minimum atomic E-state index is -0.401. The number of imidazole rings is 1. The highest BCUT2D eigenvalue weighted by Gasteiger charge is 2.14. The largest absolute Gasteiger partial charge is 0.281 e. The molecule has 20 heavy (non-hydrogen) atoms. The molecule has 0 spiro atoms. The molecule has 0 N–H and O–H groups in total. The molecule has 0 radical (unpaired) electrons. The molecule has 2 aromatic heterocycles. The second-order valence-corrected chi connectivity index (χ2v) is 5.09. The van der Waals surface area contributed by atoms with Gasteiger partial charge in [0.1, 0.15) is 17.2 Å². The highest BCUT2D eigenvalue weighted by atomic mass is 35.5. The molecule has 0 amide bonds. The molecule has 6 heteroatoms. The Bertz CT molecular complexity index is 750. The Morgan fingerprint density at radius 3 is 2.85 bits per heavy atom. The van der Waals surface area contributed by atoms with Crippen LogP contribution >= 0.6 is 23.2 Å². The quantitative estimate of drug-likeness (QED) is 0.685. The van der Waals surface area contributed by atoms with Gasteiger partial charge in [0, 0.05) is 23.5 Å². The lowest BCUT2D eigenvalue weighted by Gasteiger charge is -2.08. The average molecular weight is 310 g/mol. The monoisotopic (exact) mass is 309 g/mol. The number of hydrogen-bond donors (Lipinski definition) is 0. The SMILES string of the molecule is Fc1cc(Cl)cc(-n2c(CCCl)nc3cccnc32)c1. The summed E-state index contributed by atoms with van der Waals surface area (Å²) in [5.41, 5.74) is 2.00. The third-order valence-electron chi connectivity index (χ3n) is 2.91. The van der Waals surface area contributed by atoms with Crippen LogP contribution in [0.5, 0.6) is 0 Å². The van der Waals surface area contributed by atoms with Crippen molar-refractivity contribution in [2.45, 2.75) is 6.42 Å². The summed E-state index contributed by atoms with van der Waals surface area (Å²) in [6, 6.07) is 8.01. The molecule has 0 bridgehead atoms. The second kappa shape index (κ2) is 5.38. The van der Waals surface area contributed by atoms with Gasteiger partial charge in [0.15, 0.2) is 5.65 Å². The summed E-state index contributed by atoms with van der Waals surface area (Å²) in [6.07, 6.45) is 2.23. The number of alkyl halides is 1. The van der Waals surface area contributed by atoms with Gasteiger partial charge in [0.25, 0.3) is 0 Å². The molecule has 3 aromatic rings. The topological polar surface area (TPSA) is 30.7 Å². The lowest BCUT2D eigenvalue weighted by molar-refractivity contribution is 0.626. The van der Waals surface area contributed by atoms with Crippen LogP contribution in [0.3, 0.4) is 0 Å². The van der Waals surface area contributed by atoms with Gasteiger partial charge in [-0.2, -0.15) is 0 Å². The van der Waals surface area contributed by atoms with Crippen molar-refractivity contribution >= 4 is 34.4 Å². The zero-order chi connectivity index (χ0) is 14.1. The van der Waals surface area contributed by atoms with Gasteiger partial charge in [0.2, 0.25) is 0 Å². The number of rotatable bonds is 3. The predicted octanol–water partition coefficient (Wildman–Crippen LogP) is 3.99. The Morgan fingerprint density at radius 1 is 1.25 bits per heavy atom. The van der Waals surface area contributed by atoms with Gasteiger partial charge in [-0.1, -0.05) is 11.6 Å². The van der Waals surface area contributed by atoms with Gasteiger partial charge < -0.3 is 0 Å². The summed E-state index contributed by atoms with van der Waals surface area (Å²) >= 11 is 11.7. The van der Waals surface area contributed by atoms with E-state index in [0.717, 1.165) is 11.3 Å². The standard InChI is InChI=1S/C14H10Cl2FN3/c15-4-3-13-19-12-2-1-5-18-14(12)20(13)11-7-9(16)6-10(17)8-11/h1-2,5-8H,3-4H2. The molecule has 0 saturated heterocycles. The van der Waals surface area contributed by atoms with Gasteiger partial charge in [-0.15, -0.1) is 11.6 Å². The smallest absolute Gasteiger partial charge is 0.164 e. The van der Waals surface area contributed by atoms with E-state index in [1.54, 1.807) is 16.8 Å². The van der Waals surface area contributed by atoms with E-state index in [1.165, 1.54) is 12.1 Å². The van der Waals surface area contributed by atoms with Crippen LogP contribution in [0.1, 0.15) is 5.82 Å². The first kappa shape index (κ1) is 13.3. The van der Waals surface area contributed by atoms with Crippen molar-refractivity contribution in [3.8, 4) is 5.69 Å². The van der Waals surface area contributed by atoms with Crippen LogP contribution in [-0.2, 0) is 6.42 Å². The van der Waals surface area contributed by atoms with Crippen molar-refractivity contribution in [3.63, 3.8) is 0 Å². The number of nitrogens with zero attached hydrogens (tertiary/aromatic N) is 3. The number of aromatic nitrogens is 3.